The van der Waals surface area contributed by atoms with Gasteiger partial charge in [0, 0.05) is 8.95 Å². The van der Waals surface area contributed by atoms with Crippen molar-refractivity contribution in [2.75, 3.05) is 0 Å². The molecule has 0 unspecified atom stereocenters. The van der Waals surface area contributed by atoms with Crippen LogP contribution in [0.4, 0.5) is 0 Å². The van der Waals surface area contributed by atoms with Crippen LogP contribution in [0.15, 0.2) is 104 Å². The van der Waals surface area contributed by atoms with Crippen LogP contribution in [0, 0.1) is 13.8 Å². The molecule has 0 spiro atoms. The Hall–Kier alpha value is -2.61. The number of benzene rings is 4. The Morgan fingerprint density at radius 1 is 0.545 bits per heavy atom. The Kier molecular flexibility index (Phi) is 6.93. The monoisotopic (exact) mass is 586 g/mol. The highest BCUT2D eigenvalue weighted by Gasteiger charge is 2.18. The van der Waals surface area contributed by atoms with Gasteiger partial charge in [0.15, 0.2) is 0 Å². The van der Waals surface area contributed by atoms with E-state index in [0.29, 0.717) is 23.0 Å². The molecule has 0 bridgehead atoms. The summed E-state index contributed by atoms with van der Waals surface area (Å²) >= 11 is 6.93. The van der Waals surface area contributed by atoms with E-state index in [9.17, 15) is 8.42 Å². The molecule has 0 saturated carbocycles. The van der Waals surface area contributed by atoms with Gasteiger partial charge in [-0.2, -0.15) is 0 Å². The summed E-state index contributed by atoms with van der Waals surface area (Å²) in [6.07, 6.45) is 0. The number of ether oxygens (including phenoxy) is 2. The Balaban J connectivity index is 1.49. The number of halogens is 2. The van der Waals surface area contributed by atoms with E-state index in [2.05, 4.69) is 31.9 Å². The van der Waals surface area contributed by atoms with Gasteiger partial charge in [-0.15, -0.1) is 0 Å². The summed E-state index contributed by atoms with van der Waals surface area (Å²) in [6.45, 7) is 3.95. The van der Waals surface area contributed by atoms with Crippen molar-refractivity contribution in [3.63, 3.8) is 0 Å². The Labute approximate surface area is 210 Å². The van der Waals surface area contributed by atoms with Crippen molar-refractivity contribution in [3.8, 4) is 23.0 Å². The van der Waals surface area contributed by atoms with Crippen molar-refractivity contribution in [1.29, 1.82) is 0 Å². The quantitative estimate of drug-likeness (QED) is 0.228. The SMILES string of the molecule is Cc1cc(Oc2ccc(S(=O)(=O)c3ccc(Oc4ccc(Br)c(C)c4)cc3)cc2)ccc1Br. The van der Waals surface area contributed by atoms with Crippen LogP contribution >= 0.6 is 31.9 Å². The van der Waals surface area contributed by atoms with Crippen LogP contribution in [0.25, 0.3) is 0 Å². The van der Waals surface area contributed by atoms with Crippen LogP contribution in [0.3, 0.4) is 0 Å². The molecule has 4 aromatic carbocycles. The lowest BCUT2D eigenvalue weighted by atomic mass is 10.2. The van der Waals surface area contributed by atoms with Crippen LogP contribution in [0.1, 0.15) is 11.1 Å². The van der Waals surface area contributed by atoms with Crippen LogP contribution < -0.4 is 9.47 Å². The highest BCUT2D eigenvalue weighted by atomic mass is 79.9. The largest absolute Gasteiger partial charge is 0.457 e. The summed E-state index contributed by atoms with van der Waals surface area (Å²) in [4.78, 5) is 0.387. The second-order valence-electron chi connectivity index (χ2n) is 7.47. The molecule has 0 N–H and O–H groups in total. The first kappa shape index (κ1) is 23.5. The van der Waals surface area contributed by atoms with Gasteiger partial charge in [0.25, 0.3) is 0 Å². The van der Waals surface area contributed by atoms with Crippen LogP contribution in [0.2, 0.25) is 0 Å². The second-order valence-corrected chi connectivity index (χ2v) is 11.1. The molecule has 33 heavy (non-hydrogen) atoms. The van der Waals surface area contributed by atoms with E-state index < -0.39 is 9.84 Å². The standard InChI is InChI=1S/C26H20Br2O4S/c1-17-15-21(7-13-25(17)27)31-19-3-9-23(10-4-19)33(29,30)24-11-5-20(6-12-24)32-22-8-14-26(28)18(2)16-22/h3-16H,1-2H3. The lowest BCUT2D eigenvalue weighted by molar-refractivity contribution is 0.481. The van der Waals surface area contributed by atoms with Gasteiger partial charge < -0.3 is 9.47 Å². The first-order chi connectivity index (χ1) is 15.7. The third-order valence-corrected chi connectivity index (χ3v) is 8.56. The second kappa shape index (κ2) is 9.71. The van der Waals surface area contributed by atoms with Gasteiger partial charge in [-0.3, -0.25) is 0 Å². The highest BCUT2D eigenvalue weighted by Crippen LogP contribution is 2.30. The predicted octanol–water partition coefficient (Wildman–Crippen LogP) is 8.25. The van der Waals surface area contributed by atoms with E-state index >= 15 is 0 Å². The van der Waals surface area contributed by atoms with Gasteiger partial charge in [-0.05, 0) is 110 Å². The minimum Gasteiger partial charge on any atom is -0.457 e. The third kappa shape index (κ3) is 5.49. The molecule has 4 aromatic rings. The van der Waals surface area contributed by atoms with Crippen LogP contribution in [-0.2, 0) is 9.84 Å². The number of hydrogen-bond donors (Lipinski definition) is 0. The molecule has 7 heteroatoms. The van der Waals surface area contributed by atoms with Crippen LogP contribution in [0.5, 0.6) is 23.0 Å². The van der Waals surface area contributed by atoms with Crippen molar-refractivity contribution in [3.05, 3.63) is 105 Å². The van der Waals surface area contributed by atoms with Gasteiger partial charge in [0.2, 0.25) is 9.84 Å². The van der Waals surface area contributed by atoms with Gasteiger partial charge in [0.05, 0.1) is 9.79 Å². The summed E-state index contributed by atoms with van der Waals surface area (Å²) in [5.41, 5.74) is 2.10. The molecule has 0 aliphatic rings. The maximum atomic E-state index is 13.0. The minimum absolute atomic E-state index is 0.194. The predicted molar refractivity (Wildman–Crippen MR) is 136 cm³/mol. The van der Waals surface area contributed by atoms with E-state index in [0.717, 1.165) is 20.1 Å². The molecular formula is C26H20Br2O4S. The number of aryl methyl sites for hydroxylation is 2. The Bertz CT molecular complexity index is 1290. The highest BCUT2D eigenvalue weighted by molar-refractivity contribution is 9.10. The fraction of sp³-hybridized carbons (Fsp3) is 0.0769. The molecule has 4 nitrogen and oxygen atoms in total. The molecule has 0 aliphatic heterocycles. The topological polar surface area (TPSA) is 52.6 Å². The molecule has 0 fully saturated rings. The maximum absolute atomic E-state index is 13.0. The lowest BCUT2D eigenvalue weighted by Gasteiger charge is -2.10. The summed E-state index contributed by atoms with van der Waals surface area (Å²) in [5.74, 6) is 2.49. The molecular weight excluding hydrogens is 568 g/mol. The van der Waals surface area contributed by atoms with Crippen molar-refractivity contribution >= 4 is 41.7 Å². The molecule has 0 heterocycles. The number of hydrogen-bond acceptors (Lipinski definition) is 4. The van der Waals surface area contributed by atoms with Gasteiger partial charge in [0.1, 0.15) is 23.0 Å². The smallest absolute Gasteiger partial charge is 0.206 e. The first-order valence-corrected chi connectivity index (χ1v) is 13.1. The average Bonchev–Trinajstić information content (AvgIpc) is 2.80. The van der Waals surface area contributed by atoms with Crippen molar-refractivity contribution in [2.45, 2.75) is 23.6 Å². The summed E-state index contributed by atoms with van der Waals surface area (Å²) in [6, 6.07) is 24.1. The van der Waals surface area contributed by atoms with Crippen molar-refractivity contribution in [1.82, 2.24) is 0 Å². The van der Waals surface area contributed by atoms with E-state index in [1.807, 2.05) is 50.2 Å². The molecule has 4 rings (SSSR count). The lowest BCUT2D eigenvalue weighted by Crippen LogP contribution is -2.01. The van der Waals surface area contributed by atoms with Crippen molar-refractivity contribution < 1.29 is 17.9 Å². The van der Waals surface area contributed by atoms with Gasteiger partial charge in [-0.1, -0.05) is 31.9 Å². The molecule has 0 amide bonds. The van der Waals surface area contributed by atoms with E-state index in [-0.39, 0.29) is 9.79 Å². The van der Waals surface area contributed by atoms with Crippen LogP contribution in [-0.4, -0.2) is 8.42 Å². The number of sulfone groups is 1. The van der Waals surface area contributed by atoms with Gasteiger partial charge in [-0.25, -0.2) is 8.42 Å². The molecule has 0 aliphatic carbocycles. The van der Waals surface area contributed by atoms with Crippen molar-refractivity contribution in [2.24, 2.45) is 0 Å². The van der Waals surface area contributed by atoms with E-state index in [1.54, 1.807) is 48.5 Å². The summed E-state index contributed by atoms with van der Waals surface area (Å²) < 4.78 is 39.8. The molecule has 0 radical (unpaired) electrons. The third-order valence-electron chi connectivity index (χ3n) is 5.00. The van der Waals surface area contributed by atoms with E-state index in [4.69, 9.17) is 9.47 Å². The van der Waals surface area contributed by atoms with Gasteiger partial charge >= 0.3 is 0 Å². The summed E-state index contributed by atoms with van der Waals surface area (Å²) in [7, 11) is -3.67. The Morgan fingerprint density at radius 3 is 1.21 bits per heavy atom. The fourth-order valence-electron chi connectivity index (χ4n) is 3.14. The molecule has 168 valence electrons. The van der Waals surface area contributed by atoms with E-state index in [1.165, 1.54) is 0 Å². The average molecular weight is 588 g/mol. The Morgan fingerprint density at radius 2 is 0.879 bits per heavy atom. The minimum atomic E-state index is -3.67. The zero-order chi connectivity index (χ0) is 23.6. The number of rotatable bonds is 6. The molecule has 0 saturated heterocycles. The maximum Gasteiger partial charge on any atom is 0.206 e. The first-order valence-electron chi connectivity index (χ1n) is 10.1. The normalized spacial score (nSPS) is 11.3. The fourth-order valence-corrected chi connectivity index (χ4v) is 4.90. The molecule has 0 aromatic heterocycles. The zero-order valence-electron chi connectivity index (χ0n) is 17.9. The zero-order valence-corrected chi connectivity index (χ0v) is 21.9. The summed E-state index contributed by atoms with van der Waals surface area (Å²) in [5, 5.41) is 0. The molecule has 0 atom stereocenters.